The second-order valence-corrected chi connectivity index (χ2v) is 14.1. The van der Waals surface area contributed by atoms with E-state index in [1.54, 1.807) is 55.5 Å². The molecule has 53 heavy (non-hydrogen) atoms. The van der Waals surface area contributed by atoms with Gasteiger partial charge >= 0.3 is 13.7 Å². The number of nitrogen functional groups attached to an aromatic ring is 1. The molecule has 3 heterocycles. The predicted octanol–water partition coefficient (Wildman–Crippen LogP) is 3.01. The summed E-state index contributed by atoms with van der Waals surface area (Å²) in [4.78, 5) is 37.7. The van der Waals surface area contributed by atoms with Crippen LogP contribution in [0.15, 0.2) is 79.1 Å². The van der Waals surface area contributed by atoms with Crippen LogP contribution in [0.25, 0.3) is 21.9 Å². The summed E-state index contributed by atoms with van der Waals surface area (Å²) in [6.45, 7) is 4.14. The van der Waals surface area contributed by atoms with Gasteiger partial charge in [0.05, 0.1) is 25.6 Å². The molecule has 280 valence electrons. The Hall–Kier alpha value is -5.00. The highest BCUT2D eigenvalue weighted by Crippen LogP contribution is 2.48. The topological polar surface area (TPSA) is 231 Å². The summed E-state index contributed by atoms with van der Waals surface area (Å²) < 4.78 is 45.3. The number of benzene rings is 3. The zero-order valence-electron chi connectivity index (χ0n) is 29.1. The minimum Gasteiger partial charge on any atom is -0.476 e. The number of aliphatic hydroxyl groups excluding tert-OH is 1. The Labute approximate surface area is 304 Å². The highest BCUT2D eigenvalue weighted by atomic mass is 31.2. The van der Waals surface area contributed by atoms with Crippen LogP contribution in [0, 0.1) is 0 Å². The van der Waals surface area contributed by atoms with Crippen molar-refractivity contribution in [2.24, 2.45) is 0 Å². The molecule has 0 bridgehead atoms. The van der Waals surface area contributed by atoms with Crippen LogP contribution in [-0.4, -0.2) is 85.2 Å². The van der Waals surface area contributed by atoms with Crippen molar-refractivity contribution < 1.29 is 47.6 Å². The van der Waals surface area contributed by atoms with Crippen LogP contribution < -0.4 is 25.4 Å². The smallest absolute Gasteiger partial charge is 0.460 e. The van der Waals surface area contributed by atoms with E-state index in [0.717, 1.165) is 5.39 Å². The van der Waals surface area contributed by atoms with Gasteiger partial charge in [-0.15, -0.1) is 0 Å². The van der Waals surface area contributed by atoms with Gasteiger partial charge in [-0.05, 0) is 37.8 Å². The number of carbonyl (C=O) groups excluding carboxylic acids is 2. The molecular weight excluding hydrogens is 709 g/mol. The van der Waals surface area contributed by atoms with Crippen molar-refractivity contribution in [2.45, 2.75) is 63.6 Å². The number of rotatable bonds is 16. The minimum absolute atomic E-state index is 0.117. The zero-order chi connectivity index (χ0) is 37.8. The van der Waals surface area contributed by atoms with Crippen LogP contribution in [0.2, 0.25) is 0 Å². The molecular formula is C35H40N7O10P. The number of nitrogens with zero attached hydrogens (tertiary/aromatic N) is 4. The average Bonchev–Trinajstić information content (AvgIpc) is 3.66. The molecule has 0 spiro atoms. The van der Waals surface area contributed by atoms with Crippen LogP contribution in [0.4, 0.5) is 5.95 Å². The van der Waals surface area contributed by atoms with Gasteiger partial charge in [0, 0.05) is 5.39 Å². The molecule has 1 aliphatic heterocycles. The lowest BCUT2D eigenvalue weighted by Crippen LogP contribution is -2.52. The maximum atomic E-state index is 14.8. The number of imidazole rings is 1. The molecule has 18 heteroatoms. The summed E-state index contributed by atoms with van der Waals surface area (Å²) in [7, 11) is -4.65. The van der Waals surface area contributed by atoms with Crippen molar-refractivity contribution in [1.82, 2.24) is 29.9 Å². The molecule has 6 N–H and O–H groups in total. The van der Waals surface area contributed by atoms with E-state index in [0.29, 0.717) is 17.2 Å². The molecule has 5 aromatic rings. The van der Waals surface area contributed by atoms with Crippen LogP contribution in [0.3, 0.4) is 0 Å². The summed E-state index contributed by atoms with van der Waals surface area (Å²) in [5.74, 6) is -0.761. The van der Waals surface area contributed by atoms with Gasteiger partial charge in [0.2, 0.25) is 11.8 Å². The number of nitrogens with one attached hydrogen (secondary N) is 2. The Kier molecular flexibility index (Phi) is 11.3. The Balaban J connectivity index is 1.29. The second-order valence-electron chi connectivity index (χ2n) is 12.5. The quantitative estimate of drug-likeness (QED) is 0.0422. The van der Waals surface area contributed by atoms with Crippen molar-refractivity contribution in [2.75, 3.05) is 18.9 Å². The predicted molar refractivity (Wildman–Crippen MR) is 191 cm³/mol. The maximum absolute atomic E-state index is 14.8. The fraction of sp³-hybridized carbons (Fsp3) is 0.343. The summed E-state index contributed by atoms with van der Waals surface area (Å²) in [5.41, 5.74) is 5.06. The SMILES string of the molecule is CCOc1nc(N)nc2c1ncn2[C@@H]1O[C@H](COP(=O)(N[C@@H](N[C@@H](C)C=O)C(=O)OCc2ccccc2)Oc2cccc3ccccc23)[C@@H](O)[C@@]1(C)O. The molecule has 7 atom stereocenters. The number of aldehydes is 1. The summed E-state index contributed by atoms with van der Waals surface area (Å²) >= 11 is 0. The van der Waals surface area contributed by atoms with E-state index in [2.05, 4.69) is 25.4 Å². The lowest BCUT2D eigenvalue weighted by Gasteiger charge is -2.28. The number of aromatic nitrogens is 4. The number of hydrogen-bond donors (Lipinski definition) is 5. The molecule has 3 aromatic carbocycles. The molecule has 1 saturated heterocycles. The molecule has 1 fully saturated rings. The number of carbonyl (C=O) groups is 2. The molecule has 2 aromatic heterocycles. The Morgan fingerprint density at radius 3 is 2.62 bits per heavy atom. The van der Waals surface area contributed by atoms with Crippen molar-refractivity contribution >= 4 is 47.9 Å². The lowest BCUT2D eigenvalue weighted by atomic mass is 9.96. The van der Waals surface area contributed by atoms with Crippen molar-refractivity contribution in [3.05, 3.63) is 84.7 Å². The Morgan fingerprint density at radius 2 is 1.87 bits per heavy atom. The first-order valence-corrected chi connectivity index (χ1v) is 18.3. The average molecular weight is 750 g/mol. The van der Waals surface area contributed by atoms with E-state index < -0.39 is 56.6 Å². The lowest BCUT2D eigenvalue weighted by molar-refractivity contribution is -0.148. The van der Waals surface area contributed by atoms with Gasteiger partial charge in [-0.1, -0.05) is 66.7 Å². The van der Waals surface area contributed by atoms with Crippen molar-refractivity contribution in [1.29, 1.82) is 0 Å². The number of esters is 1. The Morgan fingerprint density at radius 1 is 1.13 bits per heavy atom. The third-order valence-electron chi connectivity index (χ3n) is 8.45. The fourth-order valence-corrected chi connectivity index (χ4v) is 7.23. The number of nitrogens with two attached hydrogens (primary N) is 1. The van der Waals surface area contributed by atoms with Gasteiger partial charge in [-0.2, -0.15) is 15.1 Å². The molecule has 6 rings (SSSR count). The minimum atomic E-state index is -4.65. The highest BCUT2D eigenvalue weighted by Gasteiger charge is 2.54. The number of hydrogen-bond acceptors (Lipinski definition) is 15. The van der Waals surface area contributed by atoms with Gasteiger partial charge in [0.25, 0.3) is 0 Å². The van der Waals surface area contributed by atoms with E-state index in [1.165, 1.54) is 24.7 Å². The molecule has 1 aliphatic rings. The molecule has 0 radical (unpaired) electrons. The van der Waals surface area contributed by atoms with Gasteiger partial charge in [0.15, 0.2) is 23.6 Å². The third kappa shape index (κ3) is 8.31. The largest absolute Gasteiger partial charge is 0.476 e. The van der Waals surface area contributed by atoms with Crippen LogP contribution in [0.1, 0.15) is 32.6 Å². The molecule has 0 amide bonds. The van der Waals surface area contributed by atoms with Gasteiger partial charge in [0.1, 0.15) is 36.5 Å². The number of ether oxygens (including phenoxy) is 3. The number of fused-ring (bicyclic) bond motifs is 2. The number of aliphatic hydroxyl groups is 2. The first-order valence-electron chi connectivity index (χ1n) is 16.7. The molecule has 0 aliphatic carbocycles. The van der Waals surface area contributed by atoms with E-state index in [9.17, 15) is 24.4 Å². The van der Waals surface area contributed by atoms with Crippen LogP contribution in [-0.2, 0) is 34.8 Å². The normalized spacial score (nSPS) is 22.2. The fourth-order valence-electron chi connectivity index (χ4n) is 5.79. The van der Waals surface area contributed by atoms with E-state index in [-0.39, 0.29) is 42.0 Å². The summed E-state index contributed by atoms with van der Waals surface area (Å²) in [6, 6.07) is 20.3. The van der Waals surface area contributed by atoms with Crippen molar-refractivity contribution in [3.63, 3.8) is 0 Å². The third-order valence-corrected chi connectivity index (χ3v) is 9.95. The standard InChI is InChI=1S/C35H40N7O10P/c1-4-48-31-27-30(39-34(36)40-31)42(20-37-27)33-35(3,46)28(44)26(51-33)19-50-53(47,52-25-16-10-14-23-13-8-9-15-24(23)25)41-29(38-21(2)17-43)32(45)49-18-22-11-6-5-7-12-22/h5-17,20-21,26,28-29,33,38,44,46H,4,18-19H2,1-3H3,(H,41,47)(H2,36,39,40)/t21-,26+,28+,29+,33+,35+,53?/m0/s1. The van der Waals surface area contributed by atoms with Crippen LogP contribution in [0.5, 0.6) is 11.6 Å². The van der Waals surface area contributed by atoms with Gasteiger partial charge in [-0.3, -0.25) is 14.4 Å². The first kappa shape index (κ1) is 37.7. The van der Waals surface area contributed by atoms with E-state index >= 15 is 0 Å². The van der Waals surface area contributed by atoms with Crippen molar-refractivity contribution in [3.8, 4) is 11.6 Å². The highest BCUT2D eigenvalue weighted by molar-refractivity contribution is 7.52. The summed E-state index contributed by atoms with van der Waals surface area (Å²) in [5, 5.41) is 29.6. The van der Waals surface area contributed by atoms with Crippen LogP contribution >= 0.6 is 7.75 Å². The molecule has 1 unspecified atom stereocenters. The molecule has 17 nitrogen and oxygen atoms in total. The Bertz CT molecular complexity index is 2110. The van der Waals surface area contributed by atoms with E-state index in [4.69, 9.17) is 29.0 Å². The second kappa shape index (κ2) is 15.9. The van der Waals surface area contributed by atoms with Gasteiger partial charge in [-0.25, -0.2) is 14.3 Å². The molecule has 0 saturated carbocycles. The summed E-state index contributed by atoms with van der Waals surface area (Å²) in [6.07, 6.45) is -3.90. The first-order chi connectivity index (χ1) is 25.4. The zero-order valence-corrected chi connectivity index (χ0v) is 30.0. The number of anilines is 1. The monoisotopic (exact) mass is 749 g/mol. The van der Waals surface area contributed by atoms with E-state index in [1.807, 2.05) is 24.3 Å². The maximum Gasteiger partial charge on any atom is 0.460 e. The van der Waals surface area contributed by atoms with Gasteiger partial charge < -0.3 is 39.5 Å².